The number of Topliss-reactive ketones (excluding diaryl/α,β-unsaturated/α-hetero) is 1. The minimum atomic E-state index is -0.615. The maximum absolute atomic E-state index is 13.0. The molecule has 3 heteroatoms. The van der Waals surface area contributed by atoms with Crippen LogP contribution in [0.1, 0.15) is 54.4 Å². The third kappa shape index (κ3) is 2.10. The van der Waals surface area contributed by atoms with Crippen molar-refractivity contribution in [3.8, 4) is 0 Å². The largest absolute Gasteiger partial charge is 0.343 e. The Morgan fingerprint density at radius 2 is 1.76 bits per heavy atom. The van der Waals surface area contributed by atoms with Gasteiger partial charge in [-0.15, -0.1) is 0 Å². The molecule has 112 valence electrons. The number of nitrogens with one attached hydrogen (secondary N) is 1. The molecular formula is C18H23NO2. The Kier molecular flexibility index (Phi) is 3.19. The van der Waals surface area contributed by atoms with Gasteiger partial charge in [-0.05, 0) is 62.6 Å². The zero-order valence-electron chi connectivity index (χ0n) is 13.2. The molecule has 1 spiro atoms. The summed E-state index contributed by atoms with van der Waals surface area (Å²) in [7, 11) is 0. The van der Waals surface area contributed by atoms with Crippen LogP contribution < -0.4 is 5.32 Å². The Bertz CT molecular complexity index is 611. The molecule has 1 aliphatic carbocycles. The second-order valence-electron chi connectivity index (χ2n) is 7.03. The summed E-state index contributed by atoms with van der Waals surface area (Å²) >= 11 is 0. The molecule has 0 radical (unpaired) electrons. The first-order valence-corrected chi connectivity index (χ1v) is 7.78. The molecule has 0 bridgehead atoms. The predicted octanol–water partition coefficient (Wildman–Crippen LogP) is 2.95. The lowest BCUT2D eigenvalue weighted by atomic mass is 9.82. The number of carbonyl (C=O) groups is 2. The standard InChI is InChI=1S/C18H23NO2/c1-10-5-6-18(9-10)16(20)15(17(21)19-18)14-12(3)7-11(2)8-13(14)4/h7-8,10,15H,5-6,9H2,1-4H3,(H,19,21). The Morgan fingerprint density at radius 1 is 1.14 bits per heavy atom. The van der Waals surface area contributed by atoms with Crippen molar-refractivity contribution in [3.63, 3.8) is 0 Å². The molecule has 3 atom stereocenters. The monoisotopic (exact) mass is 285 g/mol. The van der Waals surface area contributed by atoms with Crippen LogP contribution in [-0.4, -0.2) is 17.2 Å². The van der Waals surface area contributed by atoms with Crippen molar-refractivity contribution in [1.29, 1.82) is 0 Å². The van der Waals surface area contributed by atoms with Gasteiger partial charge in [0.05, 0.1) is 5.54 Å². The predicted molar refractivity (Wildman–Crippen MR) is 82.3 cm³/mol. The average molecular weight is 285 g/mol. The molecule has 1 aromatic rings. The number of ketones is 1. The van der Waals surface area contributed by atoms with E-state index in [0.717, 1.165) is 36.0 Å². The van der Waals surface area contributed by atoms with E-state index < -0.39 is 11.5 Å². The van der Waals surface area contributed by atoms with Gasteiger partial charge in [0.25, 0.3) is 0 Å². The molecule has 1 amide bonds. The molecule has 1 aromatic carbocycles. The maximum Gasteiger partial charge on any atom is 0.235 e. The van der Waals surface area contributed by atoms with Crippen LogP contribution in [0.5, 0.6) is 0 Å². The first-order valence-electron chi connectivity index (χ1n) is 7.78. The van der Waals surface area contributed by atoms with Crippen molar-refractivity contribution in [2.45, 2.75) is 58.4 Å². The molecule has 3 nitrogen and oxygen atoms in total. The van der Waals surface area contributed by atoms with Crippen molar-refractivity contribution in [2.24, 2.45) is 5.92 Å². The molecule has 2 fully saturated rings. The van der Waals surface area contributed by atoms with Crippen molar-refractivity contribution < 1.29 is 9.59 Å². The van der Waals surface area contributed by atoms with Crippen LogP contribution in [0.2, 0.25) is 0 Å². The van der Waals surface area contributed by atoms with Gasteiger partial charge in [0, 0.05) is 0 Å². The van der Waals surface area contributed by atoms with E-state index in [-0.39, 0.29) is 11.7 Å². The maximum atomic E-state index is 13.0. The van der Waals surface area contributed by atoms with Gasteiger partial charge in [-0.25, -0.2) is 0 Å². The fraction of sp³-hybridized carbons (Fsp3) is 0.556. The second kappa shape index (κ2) is 4.69. The SMILES string of the molecule is Cc1cc(C)c(C2C(=O)NC3(CCC(C)C3)C2=O)c(C)c1. The number of rotatable bonds is 1. The number of amides is 1. The van der Waals surface area contributed by atoms with Crippen LogP contribution in [-0.2, 0) is 9.59 Å². The summed E-state index contributed by atoms with van der Waals surface area (Å²) in [4.78, 5) is 25.5. The molecule has 1 saturated heterocycles. The zero-order chi connectivity index (χ0) is 15.4. The van der Waals surface area contributed by atoms with E-state index in [4.69, 9.17) is 0 Å². The van der Waals surface area contributed by atoms with Crippen LogP contribution in [0.3, 0.4) is 0 Å². The molecular weight excluding hydrogens is 262 g/mol. The minimum absolute atomic E-state index is 0.0897. The van der Waals surface area contributed by atoms with E-state index >= 15 is 0 Å². The Balaban J connectivity index is 2.04. The van der Waals surface area contributed by atoms with Gasteiger partial charge in [0.1, 0.15) is 5.92 Å². The van der Waals surface area contributed by atoms with Gasteiger partial charge in [-0.3, -0.25) is 9.59 Å². The summed E-state index contributed by atoms with van der Waals surface area (Å²) in [6, 6.07) is 4.12. The van der Waals surface area contributed by atoms with Crippen molar-refractivity contribution in [2.75, 3.05) is 0 Å². The lowest BCUT2D eigenvalue weighted by Crippen LogP contribution is -2.44. The Labute approximate surface area is 126 Å². The van der Waals surface area contributed by atoms with E-state index in [2.05, 4.69) is 24.4 Å². The Morgan fingerprint density at radius 3 is 2.29 bits per heavy atom. The minimum Gasteiger partial charge on any atom is -0.343 e. The zero-order valence-corrected chi connectivity index (χ0v) is 13.2. The van der Waals surface area contributed by atoms with Crippen LogP contribution in [0.25, 0.3) is 0 Å². The smallest absolute Gasteiger partial charge is 0.235 e. The highest BCUT2D eigenvalue weighted by Crippen LogP contribution is 2.43. The molecule has 0 aromatic heterocycles. The molecule has 21 heavy (non-hydrogen) atoms. The summed E-state index contributed by atoms with van der Waals surface area (Å²) in [5.74, 6) is -0.125. The highest BCUT2D eigenvalue weighted by atomic mass is 16.2. The van der Waals surface area contributed by atoms with E-state index in [1.165, 1.54) is 5.56 Å². The van der Waals surface area contributed by atoms with Gasteiger partial charge in [0.15, 0.2) is 5.78 Å². The summed E-state index contributed by atoms with van der Waals surface area (Å²) in [6.07, 6.45) is 2.60. The molecule has 2 aliphatic rings. The Hall–Kier alpha value is -1.64. The van der Waals surface area contributed by atoms with Crippen LogP contribution in [0.4, 0.5) is 0 Å². The van der Waals surface area contributed by atoms with Crippen molar-refractivity contribution >= 4 is 11.7 Å². The van der Waals surface area contributed by atoms with Gasteiger partial charge in [-0.1, -0.05) is 24.6 Å². The second-order valence-corrected chi connectivity index (χ2v) is 7.03. The molecule has 1 saturated carbocycles. The number of carbonyl (C=O) groups excluding carboxylic acids is 2. The molecule has 1 aliphatic heterocycles. The third-order valence-electron chi connectivity index (χ3n) is 5.15. The molecule has 3 unspecified atom stereocenters. The van der Waals surface area contributed by atoms with Gasteiger partial charge >= 0.3 is 0 Å². The first-order chi connectivity index (χ1) is 9.84. The van der Waals surface area contributed by atoms with E-state index in [1.807, 2.05) is 20.8 Å². The normalized spacial score (nSPS) is 32.0. The molecule has 3 rings (SSSR count). The third-order valence-corrected chi connectivity index (χ3v) is 5.15. The van der Waals surface area contributed by atoms with Crippen LogP contribution in [0.15, 0.2) is 12.1 Å². The first kappa shape index (κ1) is 14.3. The fourth-order valence-corrected chi connectivity index (χ4v) is 4.30. The van der Waals surface area contributed by atoms with Gasteiger partial charge in [-0.2, -0.15) is 0 Å². The highest BCUT2D eigenvalue weighted by molar-refractivity contribution is 6.17. The summed E-state index contributed by atoms with van der Waals surface area (Å²) in [5.41, 5.74) is 3.59. The van der Waals surface area contributed by atoms with E-state index in [0.29, 0.717) is 5.92 Å². The summed E-state index contributed by atoms with van der Waals surface area (Å²) < 4.78 is 0. The van der Waals surface area contributed by atoms with Crippen molar-refractivity contribution in [3.05, 3.63) is 34.4 Å². The van der Waals surface area contributed by atoms with Gasteiger partial charge in [0.2, 0.25) is 5.91 Å². The average Bonchev–Trinajstić information content (AvgIpc) is 2.84. The van der Waals surface area contributed by atoms with Gasteiger partial charge < -0.3 is 5.32 Å². The highest BCUT2D eigenvalue weighted by Gasteiger charge is 2.55. The lowest BCUT2D eigenvalue weighted by molar-refractivity contribution is -0.125. The molecule has 1 heterocycles. The van der Waals surface area contributed by atoms with E-state index in [1.54, 1.807) is 0 Å². The number of hydrogen-bond acceptors (Lipinski definition) is 2. The summed E-state index contributed by atoms with van der Waals surface area (Å²) in [6.45, 7) is 8.20. The number of benzene rings is 1. The van der Waals surface area contributed by atoms with Crippen LogP contribution in [0, 0.1) is 26.7 Å². The van der Waals surface area contributed by atoms with Crippen LogP contribution >= 0.6 is 0 Å². The lowest BCUT2D eigenvalue weighted by Gasteiger charge is -2.22. The number of hydrogen-bond donors (Lipinski definition) is 1. The number of aryl methyl sites for hydroxylation is 3. The molecule has 1 N–H and O–H groups in total. The summed E-state index contributed by atoms with van der Waals surface area (Å²) in [5, 5.41) is 3.04. The quantitative estimate of drug-likeness (QED) is 0.806. The fourth-order valence-electron chi connectivity index (χ4n) is 4.30. The van der Waals surface area contributed by atoms with Crippen molar-refractivity contribution in [1.82, 2.24) is 5.32 Å². The van der Waals surface area contributed by atoms with E-state index in [9.17, 15) is 9.59 Å². The topological polar surface area (TPSA) is 46.2 Å².